The van der Waals surface area contributed by atoms with Crippen LogP contribution in [-0.4, -0.2) is 57.4 Å². The lowest BCUT2D eigenvalue weighted by molar-refractivity contribution is 0.286. The van der Waals surface area contributed by atoms with Crippen LogP contribution in [0.5, 0.6) is 0 Å². The van der Waals surface area contributed by atoms with E-state index in [2.05, 4.69) is 21.8 Å². The number of likely N-dealkylation sites (N-methyl/N-ethyl adjacent to an activating group) is 1. The summed E-state index contributed by atoms with van der Waals surface area (Å²) in [5, 5.41) is 0. The van der Waals surface area contributed by atoms with Crippen molar-refractivity contribution in [2.24, 2.45) is 0 Å². The third-order valence-corrected chi connectivity index (χ3v) is 5.78. The van der Waals surface area contributed by atoms with Gasteiger partial charge in [-0.15, -0.1) is 0 Å². The summed E-state index contributed by atoms with van der Waals surface area (Å²) in [6, 6.07) is 10.3. The highest BCUT2D eigenvalue weighted by Gasteiger charge is 2.25. The van der Waals surface area contributed by atoms with Gasteiger partial charge in [-0.05, 0) is 38.9 Å². The van der Waals surface area contributed by atoms with Gasteiger partial charge in [-0.3, -0.25) is 0 Å². The lowest BCUT2D eigenvalue weighted by atomic mass is 10.1. The molecule has 1 atom stereocenters. The largest absolute Gasteiger partial charge is 0.305 e. The van der Waals surface area contributed by atoms with Gasteiger partial charge in [0, 0.05) is 25.7 Å². The quantitative estimate of drug-likeness (QED) is 0.826. The first-order chi connectivity index (χ1) is 10.5. The standard InChI is InChI=1S/C16H27N3O2S/c1-18(2)16(13-15-9-5-3-6-10-15)14-17-22(20,21)19-11-7-4-8-12-19/h3,5-6,9-10,16-17H,4,7-8,11-14H2,1-2H3. The van der Waals surface area contributed by atoms with Gasteiger partial charge in [0.2, 0.25) is 0 Å². The minimum absolute atomic E-state index is 0.141. The van der Waals surface area contributed by atoms with E-state index in [4.69, 9.17) is 0 Å². The summed E-state index contributed by atoms with van der Waals surface area (Å²) in [7, 11) is 0.630. The maximum Gasteiger partial charge on any atom is 0.279 e. The van der Waals surface area contributed by atoms with Gasteiger partial charge in [0.25, 0.3) is 10.2 Å². The Morgan fingerprint density at radius 2 is 1.77 bits per heavy atom. The molecule has 0 aliphatic carbocycles. The summed E-state index contributed by atoms with van der Waals surface area (Å²) in [5.41, 5.74) is 1.22. The lowest BCUT2D eigenvalue weighted by Gasteiger charge is -2.29. The Hall–Kier alpha value is -0.950. The molecular weight excluding hydrogens is 298 g/mol. The SMILES string of the molecule is CN(C)C(CNS(=O)(=O)N1CCCCC1)Cc1ccccc1. The smallest absolute Gasteiger partial charge is 0.279 e. The van der Waals surface area contributed by atoms with Gasteiger partial charge in [0.05, 0.1) is 0 Å². The van der Waals surface area contributed by atoms with Crippen LogP contribution >= 0.6 is 0 Å². The average Bonchev–Trinajstić information content (AvgIpc) is 2.53. The molecule has 0 saturated carbocycles. The molecular formula is C16H27N3O2S. The lowest BCUT2D eigenvalue weighted by Crippen LogP contribution is -2.48. The van der Waals surface area contributed by atoms with Crippen molar-refractivity contribution in [3.63, 3.8) is 0 Å². The summed E-state index contributed by atoms with van der Waals surface area (Å²) in [5.74, 6) is 0. The Kier molecular flexibility index (Phi) is 6.37. The number of hydrogen-bond donors (Lipinski definition) is 1. The van der Waals surface area contributed by atoms with Gasteiger partial charge in [-0.2, -0.15) is 12.7 Å². The summed E-state index contributed by atoms with van der Waals surface area (Å²) in [6.45, 7) is 1.71. The van der Waals surface area contributed by atoms with Crippen LogP contribution < -0.4 is 4.72 Å². The summed E-state index contributed by atoms with van der Waals surface area (Å²) < 4.78 is 29.1. The fourth-order valence-corrected chi connectivity index (χ4v) is 4.05. The molecule has 0 radical (unpaired) electrons. The maximum absolute atomic E-state index is 12.4. The van der Waals surface area contributed by atoms with Crippen LogP contribution in [0.25, 0.3) is 0 Å². The van der Waals surface area contributed by atoms with Crippen molar-refractivity contribution in [1.29, 1.82) is 0 Å². The van der Waals surface area contributed by atoms with Gasteiger partial charge in [0.1, 0.15) is 0 Å². The van der Waals surface area contributed by atoms with Crippen molar-refractivity contribution < 1.29 is 8.42 Å². The second kappa shape index (κ2) is 8.06. The predicted molar refractivity (Wildman–Crippen MR) is 90.0 cm³/mol. The number of nitrogens with zero attached hydrogens (tertiary/aromatic N) is 2. The molecule has 5 nitrogen and oxygen atoms in total. The van der Waals surface area contributed by atoms with Crippen LogP contribution in [0.1, 0.15) is 24.8 Å². The minimum Gasteiger partial charge on any atom is -0.305 e. The van der Waals surface area contributed by atoms with E-state index in [1.165, 1.54) is 5.56 Å². The normalized spacial score (nSPS) is 18.5. The van der Waals surface area contributed by atoms with Crippen molar-refractivity contribution in [1.82, 2.24) is 13.9 Å². The molecule has 1 heterocycles. The van der Waals surface area contributed by atoms with Crippen molar-refractivity contribution in [2.45, 2.75) is 31.7 Å². The van der Waals surface area contributed by atoms with Gasteiger partial charge in [-0.1, -0.05) is 36.8 Å². The van der Waals surface area contributed by atoms with Crippen molar-refractivity contribution in [2.75, 3.05) is 33.7 Å². The molecule has 1 N–H and O–H groups in total. The van der Waals surface area contributed by atoms with Crippen molar-refractivity contribution in [3.8, 4) is 0 Å². The monoisotopic (exact) mass is 325 g/mol. The Bertz CT molecular complexity index is 540. The fraction of sp³-hybridized carbons (Fsp3) is 0.625. The molecule has 0 amide bonds. The van der Waals surface area contributed by atoms with E-state index >= 15 is 0 Å². The Labute approximate surface area is 134 Å². The number of rotatable bonds is 7. The maximum atomic E-state index is 12.4. The van der Waals surface area contributed by atoms with Crippen molar-refractivity contribution >= 4 is 10.2 Å². The van der Waals surface area contributed by atoms with Crippen LogP contribution in [0.4, 0.5) is 0 Å². The first-order valence-electron chi connectivity index (χ1n) is 7.94. The highest BCUT2D eigenvalue weighted by atomic mass is 32.2. The molecule has 1 unspecified atom stereocenters. The molecule has 0 aromatic heterocycles. The van der Waals surface area contributed by atoms with E-state index in [1.807, 2.05) is 32.3 Å². The average molecular weight is 325 g/mol. The number of benzene rings is 1. The van der Waals surface area contributed by atoms with Gasteiger partial charge in [0.15, 0.2) is 0 Å². The van der Waals surface area contributed by atoms with Crippen molar-refractivity contribution in [3.05, 3.63) is 35.9 Å². The Morgan fingerprint density at radius 3 is 2.36 bits per heavy atom. The topological polar surface area (TPSA) is 52.7 Å². The molecule has 1 aromatic rings. The van der Waals surface area contributed by atoms with E-state index < -0.39 is 10.2 Å². The van der Waals surface area contributed by atoms with Crippen LogP contribution in [0.2, 0.25) is 0 Å². The zero-order chi connectivity index (χ0) is 16.0. The third kappa shape index (κ3) is 5.05. The molecule has 1 fully saturated rings. The van der Waals surface area contributed by atoms with Gasteiger partial charge in [-0.25, -0.2) is 4.72 Å². The molecule has 0 spiro atoms. The highest BCUT2D eigenvalue weighted by Crippen LogP contribution is 2.12. The molecule has 124 valence electrons. The molecule has 22 heavy (non-hydrogen) atoms. The summed E-state index contributed by atoms with van der Waals surface area (Å²) in [4.78, 5) is 2.08. The molecule has 1 aromatic carbocycles. The highest BCUT2D eigenvalue weighted by molar-refractivity contribution is 7.87. The van der Waals surface area contributed by atoms with E-state index in [-0.39, 0.29) is 6.04 Å². The van der Waals surface area contributed by atoms with Gasteiger partial charge >= 0.3 is 0 Å². The number of piperidine rings is 1. The molecule has 1 aliphatic rings. The number of nitrogens with one attached hydrogen (secondary N) is 1. The van der Waals surface area contributed by atoms with Crippen LogP contribution in [0, 0.1) is 0 Å². The van der Waals surface area contributed by atoms with Crippen LogP contribution in [0.3, 0.4) is 0 Å². The van der Waals surface area contributed by atoms with Gasteiger partial charge < -0.3 is 4.90 Å². The van der Waals surface area contributed by atoms with Crippen LogP contribution in [0.15, 0.2) is 30.3 Å². The molecule has 1 aliphatic heterocycles. The summed E-state index contributed by atoms with van der Waals surface area (Å²) in [6.07, 6.45) is 3.88. The first kappa shape index (κ1) is 17.4. The van der Waals surface area contributed by atoms with E-state index in [1.54, 1.807) is 4.31 Å². The molecule has 0 bridgehead atoms. The zero-order valence-corrected chi connectivity index (χ0v) is 14.3. The zero-order valence-electron chi connectivity index (χ0n) is 13.5. The second-order valence-electron chi connectivity index (χ2n) is 6.12. The second-order valence-corrected chi connectivity index (χ2v) is 7.88. The number of hydrogen-bond acceptors (Lipinski definition) is 3. The minimum atomic E-state index is -3.35. The summed E-state index contributed by atoms with van der Waals surface area (Å²) >= 11 is 0. The van der Waals surface area contributed by atoms with Crippen LogP contribution in [-0.2, 0) is 16.6 Å². The molecule has 6 heteroatoms. The fourth-order valence-electron chi connectivity index (χ4n) is 2.72. The third-order valence-electron chi connectivity index (χ3n) is 4.20. The Morgan fingerprint density at radius 1 is 1.14 bits per heavy atom. The van der Waals surface area contributed by atoms with E-state index in [9.17, 15) is 8.42 Å². The predicted octanol–water partition coefficient (Wildman–Crippen LogP) is 1.48. The first-order valence-corrected chi connectivity index (χ1v) is 9.38. The Balaban J connectivity index is 1.93. The van der Waals surface area contributed by atoms with E-state index in [0.29, 0.717) is 19.6 Å². The van der Waals surface area contributed by atoms with E-state index in [0.717, 1.165) is 25.7 Å². The molecule has 2 rings (SSSR count). The molecule has 1 saturated heterocycles.